The van der Waals surface area contributed by atoms with Crippen LogP contribution in [0.1, 0.15) is 80.1 Å². The Kier molecular flexibility index (Phi) is 9.28. The minimum absolute atomic E-state index is 0.0221. The van der Waals surface area contributed by atoms with Crippen LogP contribution in [0.4, 0.5) is 0 Å². The molecule has 7 rings (SSSR count). The Hall–Kier alpha value is -1.86. The second-order valence-electron chi connectivity index (χ2n) is 15.5. The van der Waals surface area contributed by atoms with Crippen molar-refractivity contribution in [3.8, 4) is 0 Å². The minimum atomic E-state index is -1.71. The third-order valence-electron chi connectivity index (χ3n) is 12.5. The molecule has 0 amide bonds. The van der Waals surface area contributed by atoms with E-state index >= 15 is 0 Å². The number of epoxide rings is 2. The number of Topliss-reactive ketones (excluding diaryl/α,β-unsaturated/α-hetero) is 1. The smallest absolute Gasteiger partial charge is 0.364 e. The van der Waals surface area contributed by atoms with Crippen molar-refractivity contribution in [2.45, 2.75) is 134 Å². The Bertz CT molecular complexity index is 1250. The van der Waals surface area contributed by atoms with Crippen molar-refractivity contribution in [2.75, 3.05) is 6.54 Å². The number of nitrogens with zero attached hydrogens (tertiary/aromatic N) is 1. The molecule has 2 bridgehead atoms. The van der Waals surface area contributed by atoms with Crippen LogP contribution in [0.15, 0.2) is 23.0 Å². The predicted molar refractivity (Wildman–Crippen MR) is 166 cm³/mol. The number of fused-ring (bicyclic) bond motifs is 12. The maximum absolute atomic E-state index is 13.9. The van der Waals surface area contributed by atoms with Gasteiger partial charge in [-0.1, -0.05) is 39.7 Å². The van der Waals surface area contributed by atoms with Gasteiger partial charge in [0.2, 0.25) is 0 Å². The van der Waals surface area contributed by atoms with Crippen LogP contribution in [0.3, 0.4) is 0 Å². The van der Waals surface area contributed by atoms with Gasteiger partial charge in [0.25, 0.3) is 0 Å². The summed E-state index contributed by atoms with van der Waals surface area (Å²) in [6.07, 6.45) is 0.0892. The Labute approximate surface area is 271 Å². The highest BCUT2D eigenvalue weighted by Gasteiger charge is 2.73. The highest BCUT2D eigenvalue weighted by atomic mass is 16.7. The number of carbonyl (C=O) groups is 2. The monoisotopic (exact) mass is 647 g/mol. The summed E-state index contributed by atoms with van der Waals surface area (Å²) in [7, 11) is 0. The maximum Gasteiger partial charge on any atom is 0.364 e. The number of carbonyl (C=O) groups excluding carboxylic acids is 2. The van der Waals surface area contributed by atoms with Crippen LogP contribution in [0.5, 0.6) is 0 Å². The van der Waals surface area contributed by atoms with E-state index in [2.05, 4.69) is 20.8 Å². The predicted octanol–water partition coefficient (Wildman–Crippen LogP) is 2.60. The van der Waals surface area contributed by atoms with Crippen molar-refractivity contribution in [1.82, 2.24) is 5.06 Å². The van der Waals surface area contributed by atoms with Gasteiger partial charge < -0.3 is 39.8 Å². The summed E-state index contributed by atoms with van der Waals surface area (Å²) in [5, 5.41) is 57.9. The van der Waals surface area contributed by atoms with Crippen LogP contribution in [-0.4, -0.2) is 103 Å². The standard InChI is InChI=1S/C35H53NO10/c1-7-16(3)27(38)30(41)26-31(42)28(39)17(4)10-8-9-11-21-35(6,45-21)25-24(29(40)23-20(37)14-36(26)46-34(23)43)22-18(5)12-15(2)13-19(22)32-33(25)44-32/h7,15,17-19,21-22,24-28,30-33,38-42H,8-14H2,1-6H3/b16-7+,29-23?/t15-,17-,18+,19+,21-,22-,24+,25+,26-,27-,28+,30+,31+,32-,33+,35-/m0/s1. The van der Waals surface area contributed by atoms with Gasteiger partial charge in [-0.2, -0.15) is 0 Å². The van der Waals surface area contributed by atoms with E-state index in [0.29, 0.717) is 17.9 Å². The fraction of sp³-hybridized carbons (Fsp3) is 0.829. The normalized spacial score (nSPS) is 49.5. The molecule has 2 saturated carbocycles. The van der Waals surface area contributed by atoms with Crippen molar-refractivity contribution < 1.29 is 49.4 Å². The lowest BCUT2D eigenvalue weighted by atomic mass is 9.53. The van der Waals surface area contributed by atoms with E-state index in [1.54, 1.807) is 26.8 Å². The molecule has 0 aromatic heterocycles. The topological polar surface area (TPSA) is 173 Å². The van der Waals surface area contributed by atoms with Gasteiger partial charge in [-0.3, -0.25) is 4.79 Å². The van der Waals surface area contributed by atoms with E-state index in [1.165, 1.54) is 0 Å². The molecule has 5 fully saturated rings. The molecule has 5 heterocycles. The number of ether oxygens (including phenoxy) is 2. The van der Waals surface area contributed by atoms with Crippen molar-refractivity contribution in [2.24, 2.45) is 41.4 Å². The van der Waals surface area contributed by atoms with Crippen molar-refractivity contribution in [3.63, 3.8) is 0 Å². The molecule has 3 saturated heterocycles. The highest BCUT2D eigenvalue weighted by molar-refractivity contribution is 6.19. The molecule has 258 valence electrons. The number of allylic oxidation sites excluding steroid dienone is 2. The van der Waals surface area contributed by atoms with Crippen molar-refractivity contribution in [3.05, 3.63) is 23.0 Å². The molecule has 17 atom stereocenters. The largest absolute Gasteiger partial charge is 0.511 e. The summed E-state index contributed by atoms with van der Waals surface area (Å²) < 4.78 is 12.8. The Balaban J connectivity index is 1.42. The summed E-state index contributed by atoms with van der Waals surface area (Å²) in [5.74, 6) is -2.44. The van der Waals surface area contributed by atoms with Crippen LogP contribution in [0.25, 0.3) is 0 Å². The van der Waals surface area contributed by atoms with Crippen molar-refractivity contribution >= 4 is 11.8 Å². The van der Waals surface area contributed by atoms with E-state index in [1.807, 2.05) is 0 Å². The van der Waals surface area contributed by atoms with E-state index < -0.39 is 71.8 Å². The first kappa shape index (κ1) is 34.0. The minimum Gasteiger partial charge on any atom is -0.511 e. The van der Waals surface area contributed by atoms with Crippen LogP contribution in [0, 0.1) is 41.4 Å². The summed E-state index contributed by atoms with van der Waals surface area (Å²) >= 11 is 0. The van der Waals surface area contributed by atoms with Gasteiger partial charge >= 0.3 is 5.97 Å². The average Bonchev–Trinajstić information content (AvgIpc) is 3.92. The third-order valence-corrected chi connectivity index (χ3v) is 12.5. The lowest BCUT2D eigenvalue weighted by molar-refractivity contribution is -0.238. The summed E-state index contributed by atoms with van der Waals surface area (Å²) in [6.45, 7) is 11.0. The fourth-order valence-electron chi connectivity index (χ4n) is 9.84. The number of hydrogen-bond donors (Lipinski definition) is 5. The molecule has 5 N–H and O–H groups in total. The summed E-state index contributed by atoms with van der Waals surface area (Å²) in [6, 6.07) is -1.53. The highest BCUT2D eigenvalue weighted by Crippen LogP contribution is 2.65. The maximum atomic E-state index is 13.9. The molecule has 1 unspecified atom stereocenters. The van der Waals surface area contributed by atoms with Gasteiger partial charge in [0.05, 0.1) is 36.6 Å². The number of aliphatic hydroxyl groups excluding tert-OH is 5. The molecule has 0 spiro atoms. The zero-order chi connectivity index (χ0) is 33.4. The van der Waals surface area contributed by atoms with E-state index in [-0.39, 0.29) is 47.7 Å². The first-order valence-electron chi connectivity index (χ1n) is 17.3. The van der Waals surface area contributed by atoms with Crippen LogP contribution in [-0.2, 0) is 23.9 Å². The molecule has 7 aliphatic rings. The SMILES string of the molecule is C/C=C(\C)[C@H](O)[C@H](O)[C@H]1[C@@H](O)[C@H](O)[C@@H](C)CCCC[C@@H]2O[C@]2(C)[C@H]2[C@H]3O[C@H]3[C@@H]3C[C@@H](C)C[C@@H](C)[C@@H]3[C@H]2C(O)=C2C(=O)CN1OC2=O. The van der Waals surface area contributed by atoms with Crippen LogP contribution in [0.2, 0.25) is 0 Å². The lowest BCUT2D eigenvalue weighted by Gasteiger charge is -2.49. The van der Waals surface area contributed by atoms with Crippen LogP contribution >= 0.6 is 0 Å². The second-order valence-corrected chi connectivity index (χ2v) is 15.5. The first-order valence-corrected chi connectivity index (χ1v) is 17.3. The van der Waals surface area contributed by atoms with E-state index in [4.69, 9.17) is 14.3 Å². The molecule has 5 aliphatic heterocycles. The Morgan fingerprint density at radius 1 is 1.02 bits per heavy atom. The molecule has 0 aromatic carbocycles. The second kappa shape index (κ2) is 12.5. The lowest BCUT2D eigenvalue weighted by Crippen LogP contribution is -2.62. The third kappa shape index (κ3) is 5.67. The number of hydroxylamine groups is 2. The van der Waals surface area contributed by atoms with Crippen LogP contribution < -0.4 is 0 Å². The molecular formula is C35H53NO10. The number of ketones is 1. The molecule has 2 aliphatic carbocycles. The summed E-state index contributed by atoms with van der Waals surface area (Å²) in [4.78, 5) is 33.4. The molecular weight excluding hydrogens is 594 g/mol. The zero-order valence-corrected chi connectivity index (χ0v) is 27.9. The number of hydrogen-bond acceptors (Lipinski definition) is 11. The molecule has 11 heteroatoms. The fourth-order valence-corrected chi connectivity index (χ4v) is 9.84. The quantitative estimate of drug-likeness (QED) is 0.173. The van der Waals surface area contributed by atoms with Gasteiger partial charge in [0.15, 0.2) is 5.78 Å². The van der Waals surface area contributed by atoms with Gasteiger partial charge in [-0.05, 0) is 81.6 Å². The van der Waals surface area contributed by atoms with Gasteiger partial charge in [-0.15, -0.1) is 5.06 Å². The average molecular weight is 648 g/mol. The Morgan fingerprint density at radius 2 is 1.72 bits per heavy atom. The van der Waals surface area contributed by atoms with Gasteiger partial charge in [0.1, 0.15) is 35.7 Å². The molecule has 0 aromatic rings. The number of rotatable bonds is 3. The van der Waals surface area contributed by atoms with E-state index in [9.17, 15) is 35.1 Å². The molecule has 11 nitrogen and oxygen atoms in total. The van der Waals surface area contributed by atoms with Gasteiger partial charge in [0, 0.05) is 11.8 Å². The van der Waals surface area contributed by atoms with Crippen molar-refractivity contribution in [1.29, 1.82) is 0 Å². The number of aliphatic hydroxyl groups is 5. The van der Waals surface area contributed by atoms with Gasteiger partial charge in [-0.25, -0.2) is 4.79 Å². The zero-order valence-electron chi connectivity index (χ0n) is 27.9. The van der Waals surface area contributed by atoms with E-state index in [0.717, 1.165) is 37.2 Å². The molecule has 46 heavy (non-hydrogen) atoms. The summed E-state index contributed by atoms with van der Waals surface area (Å²) in [5.41, 5.74) is -0.616. The first-order chi connectivity index (χ1) is 21.7. The Morgan fingerprint density at radius 3 is 2.39 bits per heavy atom. The molecule has 0 radical (unpaired) electrons.